The van der Waals surface area contributed by atoms with E-state index in [1.165, 1.54) is 122 Å². The van der Waals surface area contributed by atoms with Crippen LogP contribution in [0.3, 0.4) is 0 Å². The maximum absolute atomic E-state index is 13.1. The van der Waals surface area contributed by atoms with Crippen LogP contribution in [0, 0.1) is 0 Å². The van der Waals surface area contributed by atoms with Crippen molar-refractivity contribution in [1.29, 1.82) is 0 Å². The molecule has 0 saturated carbocycles. The largest absolute Gasteiger partial charge is 0.472 e. The van der Waals surface area contributed by atoms with Crippen LogP contribution in [-0.2, 0) is 65.4 Å². The molecular weight excluding hydrogens is 1330 g/mol. The van der Waals surface area contributed by atoms with Gasteiger partial charge in [-0.2, -0.15) is 0 Å². The third-order valence-corrected chi connectivity index (χ3v) is 19.6. The zero-order valence-electron chi connectivity index (χ0n) is 65.0. The van der Waals surface area contributed by atoms with E-state index in [9.17, 15) is 43.2 Å². The van der Waals surface area contributed by atoms with E-state index in [0.717, 1.165) is 173 Å². The second-order valence-corrected chi connectivity index (χ2v) is 30.6. The van der Waals surface area contributed by atoms with Crippen molar-refractivity contribution >= 4 is 39.5 Å². The summed E-state index contributed by atoms with van der Waals surface area (Å²) < 4.78 is 68.7. The second-order valence-electron chi connectivity index (χ2n) is 27.7. The molecule has 3 N–H and O–H groups in total. The van der Waals surface area contributed by atoms with Crippen molar-refractivity contribution in [3.05, 3.63) is 72.9 Å². The molecule has 0 aromatic rings. The van der Waals surface area contributed by atoms with Gasteiger partial charge in [0.2, 0.25) is 0 Å². The Hall–Kier alpha value is -3.50. The average Bonchev–Trinajstić information content (AvgIpc) is 0.944. The van der Waals surface area contributed by atoms with Gasteiger partial charge < -0.3 is 33.8 Å². The lowest BCUT2D eigenvalue weighted by atomic mass is 10.0. The Morgan fingerprint density at radius 1 is 0.284 bits per heavy atom. The fourth-order valence-electron chi connectivity index (χ4n) is 11.4. The monoisotopic (exact) mass is 1480 g/mol. The van der Waals surface area contributed by atoms with Crippen LogP contribution in [0.5, 0.6) is 0 Å². The molecule has 0 aromatic heterocycles. The molecule has 102 heavy (non-hydrogen) atoms. The molecule has 19 heteroatoms. The van der Waals surface area contributed by atoms with Crippen molar-refractivity contribution in [2.45, 2.75) is 393 Å². The number of hydrogen-bond acceptors (Lipinski definition) is 15. The highest BCUT2D eigenvalue weighted by Crippen LogP contribution is 2.45. The Balaban J connectivity index is 5.29. The molecule has 0 aromatic carbocycles. The Morgan fingerprint density at radius 3 is 0.804 bits per heavy atom. The summed E-state index contributed by atoms with van der Waals surface area (Å²) in [5.74, 6) is -2.16. The van der Waals surface area contributed by atoms with E-state index >= 15 is 0 Å². The maximum Gasteiger partial charge on any atom is 0.472 e. The number of aliphatic hydroxyl groups excluding tert-OH is 1. The number of aliphatic hydroxyl groups is 1. The smallest absolute Gasteiger partial charge is 0.462 e. The number of hydrogen-bond donors (Lipinski definition) is 3. The van der Waals surface area contributed by atoms with Gasteiger partial charge in [0.25, 0.3) is 0 Å². The lowest BCUT2D eigenvalue weighted by Gasteiger charge is -2.21. The number of carbonyl (C=O) groups is 4. The zero-order chi connectivity index (χ0) is 74.6. The summed E-state index contributed by atoms with van der Waals surface area (Å²) in [7, 11) is -9.94. The molecule has 0 spiro atoms. The molecule has 5 atom stereocenters. The van der Waals surface area contributed by atoms with Gasteiger partial charge in [0.15, 0.2) is 12.2 Å². The highest BCUT2D eigenvalue weighted by molar-refractivity contribution is 7.47. The first kappa shape index (κ1) is 98.5. The van der Waals surface area contributed by atoms with Crippen LogP contribution in [0.15, 0.2) is 72.9 Å². The predicted molar refractivity (Wildman–Crippen MR) is 418 cm³/mol. The molecule has 0 amide bonds. The van der Waals surface area contributed by atoms with Crippen LogP contribution >= 0.6 is 15.6 Å². The van der Waals surface area contributed by atoms with Gasteiger partial charge in [-0.15, -0.1) is 0 Å². The first-order chi connectivity index (χ1) is 49.7. The fraction of sp³-hybridized carbons (Fsp3) is 0.807. The molecule has 0 radical (unpaired) electrons. The Labute approximate surface area is 622 Å². The zero-order valence-corrected chi connectivity index (χ0v) is 66.8. The minimum Gasteiger partial charge on any atom is -0.462 e. The van der Waals surface area contributed by atoms with E-state index in [0.29, 0.717) is 25.7 Å². The number of ether oxygens (including phenoxy) is 4. The van der Waals surface area contributed by atoms with E-state index < -0.39 is 97.5 Å². The highest BCUT2D eigenvalue weighted by atomic mass is 31.2. The summed E-state index contributed by atoms with van der Waals surface area (Å²) in [6.45, 7) is 4.79. The summed E-state index contributed by atoms with van der Waals surface area (Å²) in [5, 5.41) is 10.6. The van der Waals surface area contributed by atoms with Crippen molar-refractivity contribution in [2.75, 3.05) is 39.6 Å². The number of rotatable bonds is 78. The summed E-state index contributed by atoms with van der Waals surface area (Å²) in [5.41, 5.74) is 0. The van der Waals surface area contributed by atoms with Gasteiger partial charge in [-0.05, 0) is 96.3 Å². The summed E-state index contributed by atoms with van der Waals surface area (Å²) in [4.78, 5) is 73.0. The van der Waals surface area contributed by atoms with Crippen LogP contribution in [0.25, 0.3) is 0 Å². The van der Waals surface area contributed by atoms with Crippen LogP contribution in [0.4, 0.5) is 0 Å². The second kappa shape index (κ2) is 75.7. The minimum atomic E-state index is -4.97. The Bertz CT molecular complexity index is 2210. The van der Waals surface area contributed by atoms with Gasteiger partial charge in [-0.25, -0.2) is 9.13 Å². The van der Waals surface area contributed by atoms with E-state index in [1.807, 2.05) is 0 Å². The molecule has 0 bridgehead atoms. The van der Waals surface area contributed by atoms with Crippen LogP contribution in [0.2, 0.25) is 0 Å². The van der Waals surface area contributed by atoms with Crippen molar-refractivity contribution in [1.82, 2.24) is 0 Å². The molecule has 0 rings (SSSR count). The van der Waals surface area contributed by atoms with Gasteiger partial charge >= 0.3 is 39.5 Å². The van der Waals surface area contributed by atoms with Crippen molar-refractivity contribution in [3.63, 3.8) is 0 Å². The van der Waals surface area contributed by atoms with Gasteiger partial charge in [0, 0.05) is 25.7 Å². The maximum atomic E-state index is 13.1. The van der Waals surface area contributed by atoms with Gasteiger partial charge in [0.05, 0.1) is 26.4 Å². The number of phosphoric ester groups is 2. The molecule has 0 aliphatic heterocycles. The van der Waals surface area contributed by atoms with Gasteiger partial charge in [-0.3, -0.25) is 37.3 Å². The molecule has 5 unspecified atom stereocenters. The van der Waals surface area contributed by atoms with E-state index in [1.54, 1.807) is 0 Å². The number of allylic oxidation sites excluding steroid dienone is 12. The van der Waals surface area contributed by atoms with E-state index in [4.69, 9.17) is 37.0 Å². The predicted octanol–water partition coefficient (Wildman–Crippen LogP) is 24.0. The molecule has 0 aliphatic rings. The molecule has 17 nitrogen and oxygen atoms in total. The fourth-order valence-corrected chi connectivity index (χ4v) is 13.0. The topological polar surface area (TPSA) is 237 Å². The first-order valence-electron chi connectivity index (χ1n) is 41.2. The number of carbonyl (C=O) groups excluding carboxylic acids is 4. The Morgan fingerprint density at radius 2 is 0.510 bits per heavy atom. The molecule has 0 fully saturated rings. The summed E-state index contributed by atoms with van der Waals surface area (Å²) >= 11 is 0. The molecule has 0 aliphatic carbocycles. The van der Waals surface area contributed by atoms with Crippen molar-refractivity contribution < 1.29 is 80.2 Å². The number of esters is 4. The van der Waals surface area contributed by atoms with Crippen LogP contribution in [0.1, 0.15) is 374 Å². The normalized spacial score (nSPS) is 14.2. The highest BCUT2D eigenvalue weighted by Gasteiger charge is 2.30. The van der Waals surface area contributed by atoms with Gasteiger partial charge in [-0.1, -0.05) is 325 Å². The molecule has 0 saturated heterocycles. The van der Waals surface area contributed by atoms with E-state index in [-0.39, 0.29) is 25.7 Å². The third-order valence-electron chi connectivity index (χ3n) is 17.7. The van der Waals surface area contributed by atoms with E-state index in [2.05, 4.69) is 101 Å². The lowest BCUT2D eigenvalue weighted by molar-refractivity contribution is -0.161. The number of unbranched alkanes of at least 4 members (excludes halogenated alkanes) is 40. The van der Waals surface area contributed by atoms with Crippen molar-refractivity contribution in [3.8, 4) is 0 Å². The molecule has 594 valence electrons. The average molecular weight is 1480 g/mol. The number of phosphoric acid groups is 2. The summed E-state index contributed by atoms with van der Waals surface area (Å²) in [6.07, 6.45) is 77.3. The molecular formula is C83H150O17P2. The standard InChI is InChI=1S/C83H150O17P2/c1-5-9-13-17-21-25-29-32-35-37-38-40-43-45-49-52-56-60-64-68-80(85)93-73-78(99-82(87)69-65-61-57-53-47-28-24-20-16-12-8-4)75-97-101(89,90)95-71-77(84)72-96-102(91,92)98-76-79(100-83(88)70-66-62-58-54-50-46-41-34-31-27-23-19-15-11-7-3)74-94-81(86)67-63-59-55-51-48-44-42-39-36-33-30-26-22-18-14-10-6-2/h10,14,21-22,25-26,32-33,35-36,38,40,77-79,84H,5-9,11-13,15-20,23-24,27-31,34,37,39,41-76H2,1-4H3,(H,89,90)(H,91,92)/b14-10-,25-21-,26-22-,35-32-,36-33-,40-38-. The summed E-state index contributed by atoms with van der Waals surface area (Å²) in [6, 6.07) is 0. The Kier molecular flexibility index (Phi) is 73.1. The molecule has 0 heterocycles. The minimum absolute atomic E-state index is 0.0972. The van der Waals surface area contributed by atoms with Crippen LogP contribution < -0.4 is 0 Å². The van der Waals surface area contributed by atoms with Gasteiger partial charge in [0.1, 0.15) is 19.3 Å². The van der Waals surface area contributed by atoms with Crippen LogP contribution in [-0.4, -0.2) is 96.7 Å². The first-order valence-corrected chi connectivity index (χ1v) is 44.2. The lowest BCUT2D eigenvalue weighted by Crippen LogP contribution is -2.30. The quantitative estimate of drug-likeness (QED) is 0.0169. The SMILES string of the molecule is CC/C=C\C/C=C\C/C=C\CCCCCCCCCC(=O)OCC(COP(=O)(O)OCC(O)COP(=O)(O)OCC(COC(=O)CCCCCCCC/C=C\C/C=C\C/C=C\CCCCC)OC(=O)CCCCCCCCCCCCC)OC(=O)CCCCCCCCCCCCCCCCC. The third kappa shape index (κ3) is 74.8. The van der Waals surface area contributed by atoms with Crippen molar-refractivity contribution in [2.24, 2.45) is 0 Å².